The second-order valence-corrected chi connectivity index (χ2v) is 18.1. The number of allylic oxidation sites excluding steroid dienone is 1. The van der Waals surface area contributed by atoms with Crippen LogP contribution in [0.3, 0.4) is 0 Å². The van der Waals surface area contributed by atoms with E-state index in [1.165, 1.54) is 11.2 Å². The highest BCUT2D eigenvalue weighted by atomic mass is 32.2. The van der Waals surface area contributed by atoms with Crippen molar-refractivity contribution in [3.8, 4) is 17.5 Å². The second kappa shape index (κ2) is 15.4. The maximum absolute atomic E-state index is 14.7. The third-order valence-electron chi connectivity index (χ3n) is 11.9. The summed E-state index contributed by atoms with van der Waals surface area (Å²) in [5, 5.41) is 5.79. The standard InChI is InChI=1S/C41H46N6O10S/c48-36-30-21-26(55-37-34-33(28-14-8-9-16-31(28)57-34)43-35(44-37)32-17-10-20-54-32)23-47(30)38(49)29(42-40(51)56-25-12-6-7-13-25)15-5-3-1-2-4-11-24-22-41(24,45-36)39(50)46-58(52,53)27-18-19-27/h4,8-11,14,16-17,20,24-27,29-30H,1-3,5-7,12-13,15,18-19,21-23H2,(H,42,51)(H,45,48)(H,46,50)/b11-4-/t24-,26+,29-,30-,41+/m0/s1. The molecular formula is C41H46N6O10S. The van der Waals surface area contributed by atoms with Crippen LogP contribution in [0.15, 0.2) is 63.6 Å². The number of carbonyl (C=O) groups excluding carboxylic acids is 4. The van der Waals surface area contributed by atoms with Crippen molar-refractivity contribution in [1.82, 2.24) is 30.2 Å². The molecule has 3 saturated carbocycles. The average Bonchev–Trinajstić information content (AvgIpc) is 3.81. The van der Waals surface area contributed by atoms with E-state index in [9.17, 15) is 27.6 Å². The van der Waals surface area contributed by atoms with E-state index in [2.05, 4.69) is 20.3 Å². The zero-order chi connectivity index (χ0) is 40.0. The van der Waals surface area contributed by atoms with Crippen LogP contribution < -0.4 is 20.1 Å². The van der Waals surface area contributed by atoms with Crippen molar-refractivity contribution in [2.75, 3.05) is 6.54 Å². The smallest absolute Gasteiger partial charge is 0.408 e. The van der Waals surface area contributed by atoms with Crippen LogP contribution in [0.5, 0.6) is 5.88 Å². The Hall–Kier alpha value is -5.45. The number of nitrogens with zero attached hydrogens (tertiary/aromatic N) is 3. The lowest BCUT2D eigenvalue weighted by molar-refractivity contribution is -0.141. The molecule has 5 aliphatic rings. The van der Waals surface area contributed by atoms with Gasteiger partial charge in [-0.15, -0.1) is 0 Å². The molecule has 0 bridgehead atoms. The number of ether oxygens (including phenoxy) is 2. The van der Waals surface area contributed by atoms with Crippen molar-refractivity contribution in [1.29, 1.82) is 0 Å². The Morgan fingerprint density at radius 3 is 2.55 bits per heavy atom. The molecule has 1 aromatic carbocycles. The highest BCUT2D eigenvalue weighted by molar-refractivity contribution is 7.91. The second-order valence-electron chi connectivity index (χ2n) is 16.1. The van der Waals surface area contributed by atoms with Gasteiger partial charge in [0, 0.05) is 17.7 Å². The summed E-state index contributed by atoms with van der Waals surface area (Å²) in [5.74, 6) is -1.69. The molecule has 0 spiro atoms. The molecular weight excluding hydrogens is 769 g/mol. The molecule has 4 aromatic rings. The number of nitrogens with one attached hydrogen (secondary N) is 3. The molecule has 4 fully saturated rings. The van der Waals surface area contributed by atoms with Crippen molar-refractivity contribution >= 4 is 55.9 Å². The zero-order valence-corrected chi connectivity index (χ0v) is 32.7. The topological polar surface area (TPSA) is 212 Å². The third kappa shape index (κ3) is 7.63. The summed E-state index contributed by atoms with van der Waals surface area (Å²) in [6.45, 7) is -0.0762. The van der Waals surface area contributed by atoms with E-state index in [4.69, 9.17) is 23.3 Å². The summed E-state index contributed by atoms with van der Waals surface area (Å²) < 4.78 is 52.1. The van der Waals surface area contributed by atoms with Gasteiger partial charge in [0.1, 0.15) is 40.9 Å². The summed E-state index contributed by atoms with van der Waals surface area (Å²) in [6.07, 6.45) is 11.3. The van der Waals surface area contributed by atoms with Gasteiger partial charge in [-0.3, -0.25) is 19.1 Å². The minimum atomic E-state index is -3.91. The maximum atomic E-state index is 14.7. The fourth-order valence-electron chi connectivity index (χ4n) is 8.50. The Kier molecular flexibility index (Phi) is 10.1. The maximum Gasteiger partial charge on any atom is 0.408 e. The first kappa shape index (κ1) is 38.1. The minimum Gasteiger partial charge on any atom is -0.470 e. The van der Waals surface area contributed by atoms with Crippen LogP contribution in [-0.2, 0) is 29.1 Å². The van der Waals surface area contributed by atoms with Gasteiger partial charge in [-0.1, -0.05) is 37.1 Å². The first-order valence-electron chi connectivity index (χ1n) is 20.3. The quantitative estimate of drug-likeness (QED) is 0.200. The number of fused-ring (bicyclic) bond motifs is 5. The molecule has 4 amide bonds. The number of benzene rings is 1. The number of para-hydroxylation sites is 1. The van der Waals surface area contributed by atoms with Crippen molar-refractivity contribution < 1.29 is 45.9 Å². The Bertz CT molecular complexity index is 2370. The molecule has 3 N–H and O–H groups in total. The molecule has 17 heteroatoms. The number of hydrogen-bond acceptors (Lipinski definition) is 12. The first-order valence-corrected chi connectivity index (χ1v) is 21.8. The number of carbonyl (C=O) groups is 4. The van der Waals surface area contributed by atoms with E-state index in [0.717, 1.165) is 43.9 Å². The highest BCUT2D eigenvalue weighted by Crippen LogP contribution is 2.46. The number of alkyl carbamates (subject to hydrolysis) is 1. The van der Waals surface area contributed by atoms with E-state index in [-0.39, 0.29) is 42.8 Å². The predicted molar refractivity (Wildman–Crippen MR) is 208 cm³/mol. The number of furan rings is 2. The molecule has 2 aliphatic heterocycles. The summed E-state index contributed by atoms with van der Waals surface area (Å²) in [6, 6.07) is 8.63. The normalized spacial score (nSPS) is 27.6. The minimum absolute atomic E-state index is 0.0167. The van der Waals surface area contributed by atoms with Crippen LogP contribution in [0.4, 0.5) is 4.79 Å². The Morgan fingerprint density at radius 2 is 1.76 bits per heavy atom. The number of rotatable bonds is 8. The molecule has 0 radical (unpaired) electrons. The van der Waals surface area contributed by atoms with Crippen molar-refractivity contribution in [2.24, 2.45) is 5.92 Å². The van der Waals surface area contributed by atoms with Crippen LogP contribution in [0.25, 0.3) is 33.7 Å². The fourth-order valence-corrected chi connectivity index (χ4v) is 9.86. The SMILES string of the molecule is O=C(N[C@H]1CCCCC/C=C\[C@H]2C[C@@]2(C(=O)NS(=O)(=O)C2CC2)NC(=O)[C@@H]2C[C@@H](Oc3nc(-c4ccco4)nc4c3oc3ccccc34)CN2C1=O)OC1CCCC1. The Morgan fingerprint density at radius 1 is 0.948 bits per heavy atom. The number of amides is 4. The molecule has 5 heterocycles. The van der Waals surface area contributed by atoms with Gasteiger partial charge in [0.25, 0.3) is 11.8 Å². The monoisotopic (exact) mass is 814 g/mol. The van der Waals surface area contributed by atoms with E-state index in [0.29, 0.717) is 49.0 Å². The molecule has 58 heavy (non-hydrogen) atoms. The fraction of sp³-hybridized carbons (Fsp3) is 0.512. The number of aromatic nitrogens is 2. The lowest BCUT2D eigenvalue weighted by Gasteiger charge is -2.30. The van der Waals surface area contributed by atoms with Gasteiger partial charge in [0.05, 0.1) is 18.1 Å². The molecule has 16 nitrogen and oxygen atoms in total. The van der Waals surface area contributed by atoms with Crippen LogP contribution >= 0.6 is 0 Å². The number of hydrogen-bond donors (Lipinski definition) is 3. The van der Waals surface area contributed by atoms with Gasteiger partial charge in [-0.05, 0) is 88.5 Å². The van der Waals surface area contributed by atoms with Gasteiger partial charge < -0.3 is 33.8 Å². The molecule has 9 rings (SSSR count). The molecule has 3 aromatic heterocycles. The van der Waals surface area contributed by atoms with E-state index in [1.807, 2.05) is 30.4 Å². The van der Waals surface area contributed by atoms with E-state index in [1.54, 1.807) is 18.2 Å². The third-order valence-corrected chi connectivity index (χ3v) is 13.7. The average molecular weight is 815 g/mol. The molecule has 1 saturated heterocycles. The number of sulfonamides is 1. The summed E-state index contributed by atoms with van der Waals surface area (Å²) in [7, 11) is -3.91. The van der Waals surface area contributed by atoms with Gasteiger partial charge >= 0.3 is 6.09 Å². The van der Waals surface area contributed by atoms with Gasteiger partial charge in [-0.25, -0.2) is 18.2 Å². The van der Waals surface area contributed by atoms with E-state index < -0.39 is 68.7 Å². The van der Waals surface area contributed by atoms with Crippen LogP contribution in [-0.4, -0.2) is 88.7 Å². The van der Waals surface area contributed by atoms with Crippen molar-refractivity contribution in [3.05, 3.63) is 54.8 Å². The van der Waals surface area contributed by atoms with Gasteiger partial charge in [-0.2, -0.15) is 4.98 Å². The van der Waals surface area contributed by atoms with Crippen molar-refractivity contribution in [2.45, 2.75) is 119 Å². The Labute approximate surface area is 334 Å². The van der Waals surface area contributed by atoms with Gasteiger partial charge in [0.15, 0.2) is 11.6 Å². The molecule has 0 unspecified atom stereocenters. The summed E-state index contributed by atoms with van der Waals surface area (Å²) in [4.78, 5) is 67.0. The van der Waals surface area contributed by atoms with Crippen molar-refractivity contribution in [3.63, 3.8) is 0 Å². The summed E-state index contributed by atoms with van der Waals surface area (Å²) >= 11 is 0. The largest absolute Gasteiger partial charge is 0.470 e. The predicted octanol–water partition coefficient (Wildman–Crippen LogP) is 5.03. The first-order chi connectivity index (χ1) is 28.1. The molecule has 306 valence electrons. The molecule has 5 atom stereocenters. The summed E-state index contributed by atoms with van der Waals surface area (Å²) in [5.41, 5.74) is -0.218. The van der Waals surface area contributed by atoms with Crippen LogP contribution in [0, 0.1) is 5.92 Å². The Balaban J connectivity index is 1.04. The lowest BCUT2D eigenvalue weighted by atomic mass is 10.0. The zero-order valence-electron chi connectivity index (χ0n) is 31.9. The highest BCUT2D eigenvalue weighted by Gasteiger charge is 2.62. The van der Waals surface area contributed by atoms with Crippen LogP contribution in [0.1, 0.15) is 83.5 Å². The lowest BCUT2D eigenvalue weighted by Crippen LogP contribution is -2.58. The molecule has 3 aliphatic carbocycles. The van der Waals surface area contributed by atoms with E-state index >= 15 is 0 Å². The van der Waals surface area contributed by atoms with Crippen LogP contribution in [0.2, 0.25) is 0 Å². The van der Waals surface area contributed by atoms with Gasteiger partial charge in [0.2, 0.25) is 27.4 Å².